The van der Waals surface area contributed by atoms with E-state index in [1.807, 2.05) is 14.1 Å². The highest BCUT2D eigenvalue weighted by atomic mass is 16.2. The molecule has 1 aromatic heterocycles. The third kappa shape index (κ3) is 4.13. The van der Waals surface area contributed by atoms with Crippen LogP contribution < -0.4 is 16.0 Å². The summed E-state index contributed by atoms with van der Waals surface area (Å²) in [7, 11) is 5.83. The zero-order chi connectivity index (χ0) is 20.6. The predicted molar refractivity (Wildman–Crippen MR) is 115 cm³/mol. The Labute approximate surface area is 163 Å². The quantitative estimate of drug-likeness (QED) is 0.726. The number of fused-ring (bicyclic) bond motifs is 1. The lowest BCUT2D eigenvalue weighted by Crippen LogP contribution is -2.56. The van der Waals surface area contributed by atoms with Crippen LogP contribution in [0.2, 0.25) is 0 Å². The summed E-state index contributed by atoms with van der Waals surface area (Å²) in [6, 6.07) is 6.10. The summed E-state index contributed by atoms with van der Waals surface area (Å²) in [4.78, 5) is 13.1. The normalized spacial score (nSPS) is 14.9. The van der Waals surface area contributed by atoms with E-state index in [-0.39, 0.29) is 28.8 Å². The van der Waals surface area contributed by atoms with Crippen LogP contribution in [0.3, 0.4) is 0 Å². The van der Waals surface area contributed by atoms with Crippen LogP contribution in [0.25, 0.3) is 10.9 Å². The van der Waals surface area contributed by atoms with Crippen LogP contribution in [0.1, 0.15) is 47.1 Å². The first kappa shape index (κ1) is 21.3. The molecular formula is C22H36N4O. The zero-order valence-corrected chi connectivity index (χ0v) is 18.3. The molecule has 0 bridgehead atoms. The number of amides is 1. The molecule has 5 heteroatoms. The number of nitrogens with zero attached hydrogens (tertiary/aromatic N) is 1. The van der Waals surface area contributed by atoms with E-state index < -0.39 is 0 Å². The number of hydrogen-bond donors (Lipinski definition) is 3. The average Bonchev–Trinajstić information content (AvgIpc) is 2.91. The number of aryl methyl sites for hydroxylation is 1. The lowest BCUT2D eigenvalue weighted by molar-refractivity contribution is -0.125. The smallest absolute Gasteiger partial charge is 0.238 e. The molecule has 1 heterocycles. The highest BCUT2D eigenvalue weighted by molar-refractivity contribution is 5.90. The first-order valence-corrected chi connectivity index (χ1v) is 9.68. The molecule has 0 aliphatic heterocycles. The molecule has 1 amide bonds. The Morgan fingerprint density at radius 1 is 1.11 bits per heavy atom. The van der Waals surface area contributed by atoms with Crippen molar-refractivity contribution in [3.63, 3.8) is 0 Å². The molecule has 0 aliphatic carbocycles. The van der Waals surface area contributed by atoms with Crippen LogP contribution >= 0.6 is 0 Å². The van der Waals surface area contributed by atoms with Gasteiger partial charge in [-0.3, -0.25) is 4.79 Å². The van der Waals surface area contributed by atoms with Crippen LogP contribution in [0, 0.1) is 5.41 Å². The van der Waals surface area contributed by atoms with Crippen molar-refractivity contribution in [3.8, 4) is 0 Å². The molecule has 150 valence electrons. The molecule has 27 heavy (non-hydrogen) atoms. The van der Waals surface area contributed by atoms with Gasteiger partial charge in [-0.2, -0.15) is 0 Å². The number of carbonyl (C=O) groups excluding carboxylic acids is 1. The van der Waals surface area contributed by atoms with Gasteiger partial charge < -0.3 is 20.5 Å². The second kappa shape index (κ2) is 7.55. The number of rotatable bonds is 6. The molecule has 2 rings (SSSR count). The number of likely N-dealkylation sites (N-methyl/N-ethyl adjacent to an activating group) is 1. The second-order valence-corrected chi connectivity index (χ2v) is 9.18. The Kier molecular flexibility index (Phi) is 5.95. The molecule has 3 N–H and O–H groups in total. The van der Waals surface area contributed by atoms with Crippen LogP contribution in [-0.4, -0.2) is 36.7 Å². The molecule has 5 nitrogen and oxygen atoms in total. The number of hydrogen-bond acceptors (Lipinski definition) is 3. The van der Waals surface area contributed by atoms with Crippen LogP contribution in [0.4, 0.5) is 5.69 Å². The second-order valence-electron chi connectivity index (χ2n) is 9.18. The Bertz CT molecular complexity index is 814. The summed E-state index contributed by atoms with van der Waals surface area (Å²) in [5.74, 6) is 0.0340. The summed E-state index contributed by atoms with van der Waals surface area (Å²) in [6.45, 7) is 12.8. The highest BCUT2D eigenvalue weighted by Gasteiger charge is 2.38. The van der Waals surface area contributed by atoms with Crippen molar-refractivity contribution >= 4 is 22.5 Å². The van der Waals surface area contributed by atoms with Gasteiger partial charge in [0.05, 0.1) is 6.04 Å². The third-order valence-electron chi connectivity index (χ3n) is 5.90. The Morgan fingerprint density at radius 3 is 2.26 bits per heavy atom. The van der Waals surface area contributed by atoms with E-state index in [1.165, 1.54) is 5.39 Å². The standard InChI is InChI=1S/C22H36N4O/c1-14(21(2,3)4)25-20(27)19(24-8)22(5,6)17-13-26(9)18-11-10-15(23-7)12-16(17)18/h10-14,19,23-24H,1-9H3,(H,25,27). The first-order valence-electron chi connectivity index (χ1n) is 9.68. The van der Waals surface area contributed by atoms with Crippen molar-refractivity contribution in [2.75, 3.05) is 19.4 Å². The van der Waals surface area contributed by atoms with Crippen molar-refractivity contribution in [2.24, 2.45) is 12.5 Å². The zero-order valence-electron chi connectivity index (χ0n) is 18.3. The molecule has 0 radical (unpaired) electrons. The minimum atomic E-state index is -0.387. The minimum Gasteiger partial charge on any atom is -0.388 e. The Morgan fingerprint density at radius 2 is 1.74 bits per heavy atom. The fraction of sp³-hybridized carbons (Fsp3) is 0.591. The van der Waals surface area contributed by atoms with Crippen LogP contribution in [-0.2, 0) is 17.3 Å². The van der Waals surface area contributed by atoms with Gasteiger partial charge in [-0.15, -0.1) is 0 Å². The molecule has 2 atom stereocenters. The van der Waals surface area contributed by atoms with Gasteiger partial charge in [0.1, 0.15) is 0 Å². The summed E-state index contributed by atoms with van der Waals surface area (Å²) in [5, 5.41) is 10.9. The van der Waals surface area contributed by atoms with E-state index in [0.717, 1.165) is 16.8 Å². The maximum Gasteiger partial charge on any atom is 0.238 e. The van der Waals surface area contributed by atoms with Crippen molar-refractivity contribution < 1.29 is 4.79 Å². The van der Waals surface area contributed by atoms with Crippen molar-refractivity contribution in [3.05, 3.63) is 30.0 Å². The molecule has 2 aromatic rings. The van der Waals surface area contributed by atoms with E-state index in [2.05, 4.69) is 93.5 Å². The largest absolute Gasteiger partial charge is 0.388 e. The molecule has 0 spiro atoms. The molecule has 0 saturated heterocycles. The van der Waals surface area contributed by atoms with Crippen LogP contribution in [0.5, 0.6) is 0 Å². The van der Waals surface area contributed by atoms with Gasteiger partial charge in [0.2, 0.25) is 5.91 Å². The molecule has 2 unspecified atom stereocenters. The topological polar surface area (TPSA) is 58.1 Å². The van der Waals surface area contributed by atoms with Crippen molar-refractivity contribution in [2.45, 2.75) is 59.0 Å². The molecular weight excluding hydrogens is 336 g/mol. The molecule has 0 saturated carbocycles. The Hall–Kier alpha value is -2.01. The number of benzene rings is 1. The van der Waals surface area contributed by atoms with E-state index in [4.69, 9.17) is 0 Å². The van der Waals surface area contributed by atoms with Gasteiger partial charge in [-0.05, 0) is 43.1 Å². The average molecular weight is 373 g/mol. The summed E-state index contributed by atoms with van der Waals surface area (Å²) in [5.41, 5.74) is 3.02. The third-order valence-corrected chi connectivity index (χ3v) is 5.90. The number of nitrogens with one attached hydrogen (secondary N) is 3. The van der Waals surface area contributed by atoms with Gasteiger partial charge >= 0.3 is 0 Å². The molecule has 0 fully saturated rings. The van der Waals surface area contributed by atoms with E-state index >= 15 is 0 Å². The summed E-state index contributed by atoms with van der Waals surface area (Å²) < 4.78 is 2.13. The fourth-order valence-corrected chi connectivity index (χ4v) is 3.55. The summed E-state index contributed by atoms with van der Waals surface area (Å²) >= 11 is 0. The van der Waals surface area contributed by atoms with Crippen LogP contribution in [0.15, 0.2) is 24.4 Å². The lowest BCUT2D eigenvalue weighted by Gasteiger charge is -2.36. The monoisotopic (exact) mass is 372 g/mol. The SMILES string of the molecule is CNc1ccc2c(c1)c(C(C)(C)C(NC)C(=O)NC(C)C(C)(C)C)cn2C. The minimum absolute atomic E-state index is 0.0131. The lowest BCUT2D eigenvalue weighted by atomic mass is 9.76. The van der Waals surface area contributed by atoms with Crippen molar-refractivity contribution in [1.29, 1.82) is 0 Å². The van der Waals surface area contributed by atoms with Gasteiger partial charge in [-0.25, -0.2) is 0 Å². The molecule has 1 aromatic carbocycles. The van der Waals surface area contributed by atoms with E-state index in [9.17, 15) is 4.79 Å². The number of anilines is 1. The number of carbonyl (C=O) groups is 1. The highest BCUT2D eigenvalue weighted by Crippen LogP contribution is 2.36. The van der Waals surface area contributed by atoms with E-state index in [0.29, 0.717) is 0 Å². The fourth-order valence-electron chi connectivity index (χ4n) is 3.55. The predicted octanol–water partition coefficient (Wildman–Crippen LogP) is 3.64. The maximum atomic E-state index is 13.1. The maximum absolute atomic E-state index is 13.1. The van der Waals surface area contributed by atoms with Gasteiger partial charge in [0.15, 0.2) is 0 Å². The van der Waals surface area contributed by atoms with Crippen molar-refractivity contribution in [1.82, 2.24) is 15.2 Å². The Balaban J connectivity index is 2.46. The van der Waals surface area contributed by atoms with Gasteiger partial charge in [0.25, 0.3) is 0 Å². The van der Waals surface area contributed by atoms with Gasteiger partial charge in [0, 0.05) is 48.3 Å². The molecule has 0 aliphatic rings. The first-order chi connectivity index (χ1) is 12.4. The van der Waals surface area contributed by atoms with Gasteiger partial charge in [-0.1, -0.05) is 34.6 Å². The van der Waals surface area contributed by atoms with E-state index in [1.54, 1.807) is 0 Å². The summed E-state index contributed by atoms with van der Waals surface area (Å²) in [6.07, 6.45) is 2.15. The number of aromatic nitrogens is 1.